The van der Waals surface area contributed by atoms with Crippen LogP contribution in [-0.4, -0.2) is 116 Å². The van der Waals surface area contributed by atoms with Crippen molar-refractivity contribution in [3.05, 3.63) is 136 Å². The van der Waals surface area contributed by atoms with Gasteiger partial charge in [-0.3, -0.25) is 33.6 Å². The van der Waals surface area contributed by atoms with Crippen LogP contribution in [0.1, 0.15) is 107 Å². The van der Waals surface area contributed by atoms with E-state index >= 15 is 0 Å². The van der Waals surface area contributed by atoms with Crippen molar-refractivity contribution in [1.82, 2.24) is 21.3 Å². The molecule has 83 heavy (non-hydrogen) atoms. The highest BCUT2D eigenvalue weighted by molar-refractivity contribution is 8.77. The number of nitrogens with zero attached hydrogens (tertiary/aromatic N) is 2. The van der Waals surface area contributed by atoms with Crippen molar-refractivity contribution in [1.29, 1.82) is 0 Å². The van der Waals surface area contributed by atoms with Crippen molar-refractivity contribution >= 4 is 80.0 Å². The second-order valence-electron chi connectivity index (χ2n) is 21.8. The zero-order valence-electron chi connectivity index (χ0n) is 47.5. The lowest BCUT2D eigenvalue weighted by Crippen LogP contribution is -2.43. The van der Waals surface area contributed by atoms with E-state index in [0.29, 0.717) is 82.2 Å². The van der Waals surface area contributed by atoms with Crippen molar-refractivity contribution in [2.24, 2.45) is 0 Å². The molecular formula is C62H71N7O12S2. The van der Waals surface area contributed by atoms with Crippen LogP contribution >= 0.6 is 21.6 Å². The predicted molar refractivity (Wildman–Crippen MR) is 320 cm³/mol. The van der Waals surface area contributed by atoms with Crippen LogP contribution in [0.2, 0.25) is 0 Å². The summed E-state index contributed by atoms with van der Waals surface area (Å²) in [6.07, 6.45) is 4.02. The molecule has 21 heteroatoms. The molecule has 0 aromatic heterocycles. The van der Waals surface area contributed by atoms with Crippen LogP contribution in [0.25, 0.3) is 0 Å². The molecule has 19 nitrogen and oxygen atoms in total. The Kier molecular flexibility index (Phi) is 19.2. The summed E-state index contributed by atoms with van der Waals surface area (Å²) < 4.78 is 24.3. The van der Waals surface area contributed by atoms with E-state index < -0.39 is 43.0 Å². The number of hydrogen-bond donors (Lipinski definition) is 6. The maximum atomic E-state index is 14.2. The van der Waals surface area contributed by atoms with Crippen LogP contribution in [0.15, 0.2) is 91.0 Å². The summed E-state index contributed by atoms with van der Waals surface area (Å²) in [4.78, 5) is 95.1. The molecule has 0 spiro atoms. The third kappa shape index (κ3) is 14.5. The van der Waals surface area contributed by atoms with E-state index in [9.17, 15) is 38.7 Å². The van der Waals surface area contributed by atoms with E-state index in [1.807, 2.05) is 73.3 Å². The first-order valence-corrected chi connectivity index (χ1v) is 30.1. The molecule has 7 amide bonds. The molecule has 2 unspecified atom stereocenters. The van der Waals surface area contributed by atoms with Gasteiger partial charge in [0.1, 0.15) is 13.2 Å². The van der Waals surface area contributed by atoms with Crippen molar-refractivity contribution in [2.45, 2.75) is 120 Å². The Morgan fingerprint density at radius 2 is 1.20 bits per heavy atom. The molecule has 0 bridgehead atoms. The third-order valence-electron chi connectivity index (χ3n) is 15.3. The number of aryl methyl sites for hydroxylation is 1. The zero-order valence-corrected chi connectivity index (χ0v) is 49.2. The van der Waals surface area contributed by atoms with Crippen LogP contribution in [0, 0.1) is 0 Å². The molecule has 0 saturated carbocycles. The second-order valence-corrected chi connectivity index (χ2v) is 25.2. The van der Waals surface area contributed by atoms with E-state index in [1.165, 1.54) is 14.2 Å². The minimum atomic E-state index is -0.847. The summed E-state index contributed by atoms with van der Waals surface area (Å²) in [6.45, 7) is 4.89. The quantitative estimate of drug-likeness (QED) is 0.0341. The minimum Gasteiger partial charge on any atom is -0.493 e. The molecule has 4 aliphatic rings. The summed E-state index contributed by atoms with van der Waals surface area (Å²) in [5, 5.41) is 24.8. The van der Waals surface area contributed by atoms with Gasteiger partial charge in [0, 0.05) is 70.5 Å². The maximum absolute atomic E-state index is 14.2. The third-order valence-corrected chi connectivity index (χ3v) is 19.2. The summed E-state index contributed by atoms with van der Waals surface area (Å²) in [7, 11) is 7.95. The molecule has 0 radical (unpaired) electrons. The van der Waals surface area contributed by atoms with Crippen LogP contribution in [0.5, 0.6) is 23.0 Å². The monoisotopic (exact) mass is 1170 g/mol. The number of fused-ring (bicyclic) bond motifs is 8. The fourth-order valence-corrected chi connectivity index (χ4v) is 13.5. The SMILES string of the molecule is CNC(=O)CCC(C)SSC(C)(C)CCC(=O)NCC(=O)NCC(=O)NCC(=O)Nc1cc(COc2cc3c(cc2OC)C(=O)N2c4ccccc4C[C@H]2CC3)cc(COc2cc3c(cc2OC)C(=O)N2c4ccccc4C[C@H]2C(O)C3)c1. The number of nitrogens with one attached hydrogen (secondary N) is 5. The van der Waals surface area contributed by atoms with Crippen molar-refractivity contribution < 1.29 is 57.6 Å². The summed E-state index contributed by atoms with van der Waals surface area (Å²) >= 11 is 0. The normalized spacial score (nSPS) is 17.0. The van der Waals surface area contributed by atoms with Crippen molar-refractivity contribution in [2.75, 3.05) is 56.0 Å². The van der Waals surface area contributed by atoms with Gasteiger partial charge in [0.15, 0.2) is 23.0 Å². The number of aliphatic hydroxyl groups excluding tert-OH is 1. The number of rotatable bonds is 24. The lowest BCUT2D eigenvalue weighted by molar-refractivity contribution is -0.128. The molecule has 4 aliphatic heterocycles. The van der Waals surface area contributed by atoms with Gasteiger partial charge < -0.3 is 60.4 Å². The van der Waals surface area contributed by atoms with E-state index in [0.717, 1.165) is 47.3 Å². The molecule has 4 heterocycles. The predicted octanol–water partition coefficient (Wildman–Crippen LogP) is 7.01. The average molecular weight is 1170 g/mol. The fourth-order valence-electron chi connectivity index (χ4n) is 10.9. The Labute approximate surface area is 491 Å². The molecule has 0 fully saturated rings. The second kappa shape index (κ2) is 26.7. The smallest absolute Gasteiger partial charge is 0.259 e. The van der Waals surface area contributed by atoms with Crippen LogP contribution in [0.4, 0.5) is 17.1 Å². The van der Waals surface area contributed by atoms with Crippen LogP contribution < -0.4 is 55.3 Å². The number of methoxy groups -OCH3 is 2. The average Bonchev–Trinajstić information content (AvgIpc) is 3.50. The number of ether oxygens (including phenoxy) is 4. The number of carbonyl (C=O) groups excluding carboxylic acids is 7. The maximum Gasteiger partial charge on any atom is 0.259 e. The van der Waals surface area contributed by atoms with Crippen molar-refractivity contribution in [3.63, 3.8) is 0 Å². The molecule has 438 valence electrons. The van der Waals surface area contributed by atoms with Crippen molar-refractivity contribution in [3.8, 4) is 23.0 Å². The Bertz CT molecular complexity index is 3300. The van der Waals surface area contributed by atoms with Gasteiger partial charge in [-0.15, -0.1) is 0 Å². The first-order chi connectivity index (χ1) is 39.9. The molecule has 0 saturated heterocycles. The highest BCUT2D eigenvalue weighted by Gasteiger charge is 2.42. The minimum absolute atomic E-state index is 0.000186. The highest BCUT2D eigenvalue weighted by atomic mass is 33.1. The van der Waals surface area contributed by atoms with Gasteiger partial charge in [-0.2, -0.15) is 0 Å². The molecule has 6 N–H and O–H groups in total. The van der Waals surface area contributed by atoms with Gasteiger partial charge in [0.05, 0.1) is 46.0 Å². The first-order valence-electron chi connectivity index (χ1n) is 27.9. The number of para-hydroxylation sites is 2. The van der Waals surface area contributed by atoms with Gasteiger partial charge in [0.2, 0.25) is 29.5 Å². The fraction of sp³-hybridized carbons (Fsp3) is 0.403. The number of carbonyl (C=O) groups is 7. The lowest BCUT2D eigenvalue weighted by atomic mass is 9.97. The largest absolute Gasteiger partial charge is 0.493 e. The van der Waals surface area contributed by atoms with Crippen LogP contribution in [0.3, 0.4) is 0 Å². The Balaban J connectivity index is 0.841. The Hall–Kier alpha value is -7.75. The molecule has 4 atom stereocenters. The van der Waals surface area contributed by atoms with Gasteiger partial charge >= 0.3 is 0 Å². The van der Waals surface area contributed by atoms with Gasteiger partial charge in [-0.25, -0.2) is 0 Å². The standard InChI is InChI=1S/C62H71N7O12S2/c1-36(15-18-55(71)63-4)82-83-62(2,3)20-19-56(72)64-31-57(73)65-32-58(74)66-33-59(75)67-43-22-37(34-80-53-27-39-16-17-44-24-40-11-7-9-13-47(40)68(44)60(76)45(39)29-51(53)78-5)21-38(23-43)35-81-54-28-42-26-50(70)49-25-41-12-8-10-14-48(41)69(49)61(77)46(42)30-52(54)79-6/h7-14,21-23,27-30,36,44,49-50,70H,15-20,24-26,31-35H2,1-6H3,(H,63,71)(H,64,72)(H,65,73)(H,66,74)(H,67,75)/t36?,44-,49+,50?/m1/s1. The number of aliphatic hydroxyl groups is 1. The van der Waals surface area contributed by atoms with E-state index in [4.69, 9.17) is 18.9 Å². The molecule has 0 aliphatic carbocycles. The Morgan fingerprint density at radius 3 is 1.83 bits per heavy atom. The molecule has 9 rings (SSSR count). The first kappa shape index (κ1) is 59.9. The van der Waals surface area contributed by atoms with E-state index in [2.05, 4.69) is 39.6 Å². The summed E-state index contributed by atoms with van der Waals surface area (Å²) in [5.74, 6) is -0.984. The number of anilines is 3. The number of hydrogen-bond acceptors (Lipinski definition) is 14. The lowest BCUT2D eigenvalue weighted by Gasteiger charge is -2.26. The van der Waals surface area contributed by atoms with E-state index in [-0.39, 0.29) is 72.3 Å². The number of benzene rings is 5. The summed E-state index contributed by atoms with van der Waals surface area (Å²) in [5.41, 5.74) is 7.82. The van der Waals surface area contributed by atoms with Crippen LogP contribution in [-0.2, 0) is 62.9 Å². The van der Waals surface area contributed by atoms with Gasteiger partial charge in [-0.05, 0) is 140 Å². The van der Waals surface area contributed by atoms with E-state index in [1.54, 1.807) is 63.9 Å². The van der Waals surface area contributed by atoms with Gasteiger partial charge in [-0.1, -0.05) is 64.9 Å². The molecular weight excluding hydrogens is 1100 g/mol. The topological polar surface area (TPSA) is 243 Å². The molecule has 5 aromatic carbocycles. The molecule has 5 aromatic rings. The van der Waals surface area contributed by atoms with Gasteiger partial charge in [0.25, 0.3) is 11.8 Å². The summed E-state index contributed by atoms with van der Waals surface area (Å²) in [6, 6.07) is 27.5. The zero-order chi connectivity index (χ0) is 59.0. The Morgan fingerprint density at radius 1 is 0.651 bits per heavy atom. The number of amides is 7. The highest BCUT2D eigenvalue weighted by Crippen LogP contribution is 2.44.